The number of nitrogens with zero attached hydrogens (tertiary/aromatic N) is 2. The van der Waals surface area contributed by atoms with E-state index in [1.54, 1.807) is 4.68 Å². The van der Waals surface area contributed by atoms with Crippen LogP contribution in [0, 0.1) is 0 Å². The molecule has 4 rings (SSSR count). The summed E-state index contributed by atoms with van der Waals surface area (Å²) in [5, 5.41) is 12.1. The molecule has 0 saturated carbocycles. The summed E-state index contributed by atoms with van der Waals surface area (Å²) >= 11 is 0. The third kappa shape index (κ3) is 3.45. The molecule has 1 amide bonds. The standard InChI is InChI=1S/C19H27N5O3/c1-2-20-19(26)27-11-10-24-17-15(16(23-24)14-8-5-9-21-14)12-6-3-4-7-13(12)18(25)22-17/h14,21H,2-11H2,1H3,(H,20,26)(H,22,25). The molecular formula is C19H27N5O3. The van der Waals surface area contributed by atoms with Crippen molar-refractivity contribution in [3.05, 3.63) is 27.2 Å². The number of aromatic amines is 1. The molecule has 2 aliphatic rings. The van der Waals surface area contributed by atoms with Crippen LogP contribution in [-0.2, 0) is 24.1 Å². The van der Waals surface area contributed by atoms with Gasteiger partial charge in [-0.05, 0) is 57.6 Å². The average Bonchev–Trinajstić information content (AvgIpc) is 3.31. The van der Waals surface area contributed by atoms with Crippen molar-refractivity contribution in [3.8, 4) is 0 Å². The molecule has 0 spiro atoms. The number of fused-ring (bicyclic) bond motifs is 3. The van der Waals surface area contributed by atoms with E-state index < -0.39 is 6.09 Å². The van der Waals surface area contributed by atoms with Crippen molar-refractivity contribution in [1.29, 1.82) is 0 Å². The van der Waals surface area contributed by atoms with E-state index in [0.717, 1.165) is 67.4 Å². The topological polar surface area (TPSA) is 101 Å². The van der Waals surface area contributed by atoms with E-state index in [1.807, 2.05) is 6.92 Å². The van der Waals surface area contributed by atoms with Gasteiger partial charge in [-0.25, -0.2) is 9.48 Å². The van der Waals surface area contributed by atoms with Crippen molar-refractivity contribution in [2.45, 2.75) is 58.0 Å². The number of aromatic nitrogens is 3. The number of hydrogen-bond acceptors (Lipinski definition) is 5. The first-order chi connectivity index (χ1) is 13.2. The summed E-state index contributed by atoms with van der Waals surface area (Å²) in [6.45, 7) is 3.98. The molecule has 3 N–H and O–H groups in total. The van der Waals surface area contributed by atoms with E-state index in [2.05, 4.69) is 15.6 Å². The maximum atomic E-state index is 12.6. The molecule has 0 bridgehead atoms. The van der Waals surface area contributed by atoms with Crippen molar-refractivity contribution in [3.63, 3.8) is 0 Å². The van der Waals surface area contributed by atoms with Crippen LogP contribution in [0.15, 0.2) is 4.79 Å². The van der Waals surface area contributed by atoms with Crippen LogP contribution in [0.4, 0.5) is 4.79 Å². The number of hydrogen-bond donors (Lipinski definition) is 3. The first-order valence-corrected chi connectivity index (χ1v) is 9.97. The van der Waals surface area contributed by atoms with E-state index in [4.69, 9.17) is 9.84 Å². The second kappa shape index (κ2) is 7.72. The lowest BCUT2D eigenvalue weighted by molar-refractivity contribution is 0.141. The van der Waals surface area contributed by atoms with Gasteiger partial charge >= 0.3 is 6.09 Å². The zero-order chi connectivity index (χ0) is 18.8. The molecule has 3 heterocycles. The SMILES string of the molecule is CCNC(=O)OCCn1nc(C2CCCN2)c2c3c(c(=O)[nH]c21)CCCC3. The minimum Gasteiger partial charge on any atom is -0.448 e. The number of carbonyl (C=O) groups excluding carboxylic acids is 1. The fraction of sp³-hybridized carbons (Fsp3) is 0.632. The van der Waals surface area contributed by atoms with Gasteiger partial charge in [0.1, 0.15) is 12.3 Å². The highest BCUT2D eigenvalue weighted by Crippen LogP contribution is 2.33. The Morgan fingerprint density at radius 1 is 1.30 bits per heavy atom. The van der Waals surface area contributed by atoms with Crippen LogP contribution in [0.2, 0.25) is 0 Å². The molecule has 1 aliphatic carbocycles. The Morgan fingerprint density at radius 2 is 2.11 bits per heavy atom. The van der Waals surface area contributed by atoms with E-state index in [1.165, 1.54) is 5.56 Å². The van der Waals surface area contributed by atoms with Crippen molar-refractivity contribution < 1.29 is 9.53 Å². The summed E-state index contributed by atoms with van der Waals surface area (Å²) < 4.78 is 6.99. The lowest BCUT2D eigenvalue weighted by Gasteiger charge is -2.17. The largest absolute Gasteiger partial charge is 0.448 e. The Balaban J connectivity index is 1.72. The third-order valence-electron chi connectivity index (χ3n) is 5.50. The second-order valence-corrected chi connectivity index (χ2v) is 7.27. The number of nitrogens with one attached hydrogen (secondary N) is 3. The number of amides is 1. The van der Waals surface area contributed by atoms with E-state index in [-0.39, 0.29) is 18.2 Å². The molecule has 1 atom stereocenters. The summed E-state index contributed by atoms with van der Waals surface area (Å²) in [4.78, 5) is 27.2. The number of aryl methyl sites for hydroxylation is 1. The van der Waals surface area contributed by atoms with Crippen LogP contribution in [0.1, 0.15) is 55.5 Å². The second-order valence-electron chi connectivity index (χ2n) is 7.27. The fourth-order valence-electron chi connectivity index (χ4n) is 4.26. The van der Waals surface area contributed by atoms with Crippen molar-refractivity contribution in [2.75, 3.05) is 19.7 Å². The predicted molar refractivity (Wildman–Crippen MR) is 102 cm³/mol. The smallest absolute Gasteiger partial charge is 0.407 e. The number of carbonyl (C=O) groups is 1. The number of pyridine rings is 1. The lowest BCUT2D eigenvalue weighted by atomic mass is 9.89. The third-order valence-corrected chi connectivity index (χ3v) is 5.50. The van der Waals surface area contributed by atoms with E-state index in [0.29, 0.717) is 13.1 Å². The van der Waals surface area contributed by atoms with Crippen LogP contribution in [0.25, 0.3) is 11.0 Å². The fourth-order valence-corrected chi connectivity index (χ4v) is 4.26. The van der Waals surface area contributed by atoms with Gasteiger partial charge in [0.15, 0.2) is 0 Å². The van der Waals surface area contributed by atoms with Crippen LogP contribution < -0.4 is 16.2 Å². The first-order valence-electron chi connectivity index (χ1n) is 9.97. The number of H-pyrrole nitrogens is 1. The van der Waals surface area contributed by atoms with Crippen molar-refractivity contribution in [2.24, 2.45) is 0 Å². The molecule has 2 aromatic heterocycles. The zero-order valence-electron chi connectivity index (χ0n) is 15.8. The summed E-state index contributed by atoms with van der Waals surface area (Å²) in [5.74, 6) is 0. The molecule has 1 saturated heterocycles. The minimum absolute atomic E-state index is 0.00562. The van der Waals surface area contributed by atoms with Gasteiger partial charge in [0.05, 0.1) is 18.3 Å². The quantitative estimate of drug-likeness (QED) is 0.742. The van der Waals surface area contributed by atoms with Gasteiger partial charge < -0.3 is 20.4 Å². The van der Waals surface area contributed by atoms with Gasteiger partial charge in [-0.15, -0.1) is 0 Å². The molecule has 0 aromatic carbocycles. The molecule has 2 aromatic rings. The number of rotatable bonds is 5. The van der Waals surface area contributed by atoms with Gasteiger partial charge in [-0.1, -0.05) is 0 Å². The molecule has 0 radical (unpaired) electrons. The highest BCUT2D eigenvalue weighted by atomic mass is 16.5. The van der Waals surface area contributed by atoms with Gasteiger partial charge in [0.2, 0.25) is 0 Å². The Bertz CT molecular complexity index is 895. The summed E-state index contributed by atoms with van der Waals surface area (Å²) in [7, 11) is 0. The van der Waals surface area contributed by atoms with Gasteiger partial charge in [0, 0.05) is 17.5 Å². The predicted octanol–water partition coefficient (Wildman–Crippen LogP) is 1.77. The van der Waals surface area contributed by atoms with Gasteiger partial charge in [-0.3, -0.25) is 4.79 Å². The molecule has 8 nitrogen and oxygen atoms in total. The minimum atomic E-state index is -0.433. The molecule has 27 heavy (non-hydrogen) atoms. The average molecular weight is 373 g/mol. The van der Waals surface area contributed by atoms with Crippen molar-refractivity contribution in [1.82, 2.24) is 25.4 Å². The summed E-state index contributed by atoms with van der Waals surface area (Å²) in [5.41, 5.74) is 3.86. The lowest BCUT2D eigenvalue weighted by Crippen LogP contribution is -2.25. The van der Waals surface area contributed by atoms with Crippen LogP contribution in [0.3, 0.4) is 0 Å². The maximum Gasteiger partial charge on any atom is 0.407 e. The first kappa shape index (κ1) is 18.0. The maximum absolute atomic E-state index is 12.6. The van der Waals surface area contributed by atoms with Crippen LogP contribution in [0.5, 0.6) is 0 Å². The molecule has 1 unspecified atom stereocenters. The Labute approximate surface area is 157 Å². The van der Waals surface area contributed by atoms with Crippen molar-refractivity contribution >= 4 is 17.1 Å². The molecule has 146 valence electrons. The number of alkyl carbamates (subject to hydrolysis) is 1. The van der Waals surface area contributed by atoms with E-state index in [9.17, 15) is 9.59 Å². The Hall–Kier alpha value is -2.35. The molecule has 8 heteroatoms. The monoisotopic (exact) mass is 373 g/mol. The molecular weight excluding hydrogens is 346 g/mol. The van der Waals surface area contributed by atoms with Crippen LogP contribution in [-0.4, -0.2) is 40.6 Å². The normalized spacial score (nSPS) is 19.2. The summed E-state index contributed by atoms with van der Waals surface area (Å²) in [6, 6.07) is 0.218. The molecule has 1 fully saturated rings. The Morgan fingerprint density at radius 3 is 2.85 bits per heavy atom. The Kier molecular flexibility index (Phi) is 5.15. The van der Waals surface area contributed by atoms with E-state index >= 15 is 0 Å². The summed E-state index contributed by atoms with van der Waals surface area (Å²) in [6.07, 6.45) is 5.68. The highest BCUT2D eigenvalue weighted by Gasteiger charge is 2.28. The van der Waals surface area contributed by atoms with Crippen LogP contribution >= 0.6 is 0 Å². The van der Waals surface area contributed by atoms with Gasteiger partial charge in [0.25, 0.3) is 5.56 Å². The van der Waals surface area contributed by atoms with Gasteiger partial charge in [-0.2, -0.15) is 5.10 Å². The molecule has 1 aliphatic heterocycles. The number of ether oxygens (including phenoxy) is 1. The highest BCUT2D eigenvalue weighted by molar-refractivity contribution is 5.84. The zero-order valence-corrected chi connectivity index (χ0v) is 15.8.